The SMILES string of the molecule is CC(C)CCOc1ccc(CNCCS(C)(=O)=O)cc1. The van der Waals surface area contributed by atoms with Gasteiger partial charge in [-0.05, 0) is 30.0 Å². The maximum Gasteiger partial charge on any atom is 0.148 e. The highest BCUT2D eigenvalue weighted by Crippen LogP contribution is 2.13. The summed E-state index contributed by atoms with van der Waals surface area (Å²) < 4.78 is 27.6. The Balaban J connectivity index is 2.28. The monoisotopic (exact) mass is 299 g/mol. The Morgan fingerprint density at radius 2 is 1.85 bits per heavy atom. The molecule has 0 saturated carbocycles. The largest absolute Gasteiger partial charge is 0.494 e. The summed E-state index contributed by atoms with van der Waals surface area (Å²) in [6.07, 6.45) is 2.30. The van der Waals surface area contributed by atoms with Gasteiger partial charge in [-0.3, -0.25) is 0 Å². The van der Waals surface area contributed by atoms with Crippen LogP contribution < -0.4 is 10.1 Å². The third-order valence-electron chi connectivity index (χ3n) is 2.87. The second kappa shape index (κ2) is 8.27. The molecule has 0 aromatic heterocycles. The summed E-state index contributed by atoms with van der Waals surface area (Å²) in [5.41, 5.74) is 1.12. The molecule has 0 amide bonds. The van der Waals surface area contributed by atoms with E-state index in [0.29, 0.717) is 19.0 Å². The van der Waals surface area contributed by atoms with Gasteiger partial charge >= 0.3 is 0 Å². The molecule has 0 saturated heterocycles. The fourth-order valence-electron chi connectivity index (χ4n) is 1.61. The van der Waals surface area contributed by atoms with E-state index in [2.05, 4.69) is 19.2 Å². The number of benzene rings is 1. The quantitative estimate of drug-likeness (QED) is 0.711. The normalized spacial score (nSPS) is 11.8. The molecule has 4 nitrogen and oxygen atoms in total. The predicted molar refractivity (Wildman–Crippen MR) is 82.8 cm³/mol. The number of sulfone groups is 1. The van der Waals surface area contributed by atoms with E-state index in [9.17, 15) is 8.42 Å². The number of rotatable bonds is 9. The molecule has 0 radical (unpaired) electrons. The zero-order chi connectivity index (χ0) is 15.0. The van der Waals surface area contributed by atoms with E-state index in [0.717, 1.165) is 24.3 Å². The van der Waals surface area contributed by atoms with E-state index in [1.807, 2.05) is 24.3 Å². The van der Waals surface area contributed by atoms with Crippen LogP contribution >= 0.6 is 0 Å². The van der Waals surface area contributed by atoms with E-state index < -0.39 is 9.84 Å². The lowest BCUT2D eigenvalue weighted by Gasteiger charge is -2.09. The van der Waals surface area contributed by atoms with Gasteiger partial charge in [-0.2, -0.15) is 0 Å². The maximum atomic E-state index is 11.0. The Morgan fingerprint density at radius 1 is 1.20 bits per heavy atom. The van der Waals surface area contributed by atoms with Gasteiger partial charge in [-0.1, -0.05) is 26.0 Å². The minimum Gasteiger partial charge on any atom is -0.494 e. The third kappa shape index (κ3) is 8.17. The first-order chi connectivity index (χ1) is 9.37. The van der Waals surface area contributed by atoms with Crippen LogP contribution in [0.3, 0.4) is 0 Å². The Labute approximate surface area is 122 Å². The van der Waals surface area contributed by atoms with Crippen LogP contribution in [0.25, 0.3) is 0 Å². The minimum atomic E-state index is -2.89. The predicted octanol–water partition coefficient (Wildman–Crippen LogP) is 2.25. The molecule has 5 heteroatoms. The Kier molecular flexibility index (Phi) is 7.02. The first-order valence-corrected chi connectivity index (χ1v) is 9.03. The summed E-state index contributed by atoms with van der Waals surface area (Å²) in [4.78, 5) is 0. The average molecular weight is 299 g/mol. The fourth-order valence-corrected chi connectivity index (χ4v) is 2.12. The van der Waals surface area contributed by atoms with Gasteiger partial charge in [0.2, 0.25) is 0 Å². The van der Waals surface area contributed by atoms with Crippen LogP contribution in [-0.2, 0) is 16.4 Å². The number of hydrogen-bond donors (Lipinski definition) is 1. The molecule has 0 aliphatic rings. The molecule has 1 N–H and O–H groups in total. The lowest BCUT2D eigenvalue weighted by Crippen LogP contribution is -2.21. The van der Waals surface area contributed by atoms with Crippen LogP contribution in [0.5, 0.6) is 5.75 Å². The van der Waals surface area contributed by atoms with Crippen molar-refractivity contribution in [1.82, 2.24) is 5.32 Å². The summed E-state index contributed by atoms with van der Waals surface area (Å²) >= 11 is 0. The first-order valence-electron chi connectivity index (χ1n) is 6.97. The average Bonchev–Trinajstić information content (AvgIpc) is 2.35. The van der Waals surface area contributed by atoms with Crippen molar-refractivity contribution < 1.29 is 13.2 Å². The molecule has 0 aliphatic heterocycles. The second-order valence-electron chi connectivity index (χ2n) is 5.48. The van der Waals surface area contributed by atoms with Crippen molar-refractivity contribution in [3.05, 3.63) is 29.8 Å². The molecule has 0 aliphatic carbocycles. The van der Waals surface area contributed by atoms with Crippen LogP contribution in [0.4, 0.5) is 0 Å². The molecule has 0 heterocycles. The van der Waals surface area contributed by atoms with Gasteiger partial charge in [0.25, 0.3) is 0 Å². The van der Waals surface area contributed by atoms with E-state index >= 15 is 0 Å². The van der Waals surface area contributed by atoms with Gasteiger partial charge in [0, 0.05) is 19.3 Å². The van der Waals surface area contributed by atoms with Gasteiger partial charge in [-0.15, -0.1) is 0 Å². The molecule has 0 fully saturated rings. The van der Waals surface area contributed by atoms with Crippen molar-refractivity contribution in [2.75, 3.05) is 25.2 Å². The zero-order valence-electron chi connectivity index (χ0n) is 12.6. The summed E-state index contributed by atoms with van der Waals surface area (Å²) in [6, 6.07) is 7.90. The summed E-state index contributed by atoms with van der Waals surface area (Å²) in [7, 11) is -2.89. The molecule has 0 unspecified atom stereocenters. The molecule has 114 valence electrons. The van der Waals surface area contributed by atoms with Crippen LogP contribution in [0.1, 0.15) is 25.8 Å². The Morgan fingerprint density at radius 3 is 2.40 bits per heavy atom. The second-order valence-corrected chi connectivity index (χ2v) is 7.74. The van der Waals surface area contributed by atoms with Crippen molar-refractivity contribution in [1.29, 1.82) is 0 Å². The van der Waals surface area contributed by atoms with Crippen molar-refractivity contribution in [2.45, 2.75) is 26.8 Å². The molecular weight excluding hydrogens is 274 g/mol. The molecule has 0 bridgehead atoms. The van der Waals surface area contributed by atoms with Crippen LogP contribution in [0.2, 0.25) is 0 Å². The van der Waals surface area contributed by atoms with Gasteiger partial charge in [-0.25, -0.2) is 8.42 Å². The van der Waals surface area contributed by atoms with E-state index in [4.69, 9.17) is 4.74 Å². The standard InChI is InChI=1S/C15H25NO3S/c1-13(2)8-10-19-15-6-4-14(5-7-15)12-16-9-11-20(3,17)18/h4-7,13,16H,8-12H2,1-3H3. The maximum absolute atomic E-state index is 11.0. The van der Waals surface area contributed by atoms with Crippen molar-refractivity contribution in [3.63, 3.8) is 0 Å². The van der Waals surface area contributed by atoms with E-state index in [-0.39, 0.29) is 5.75 Å². The van der Waals surface area contributed by atoms with Crippen molar-refractivity contribution >= 4 is 9.84 Å². The van der Waals surface area contributed by atoms with Crippen LogP contribution in [-0.4, -0.2) is 33.6 Å². The topological polar surface area (TPSA) is 55.4 Å². The van der Waals surface area contributed by atoms with E-state index in [1.165, 1.54) is 6.26 Å². The highest BCUT2D eigenvalue weighted by molar-refractivity contribution is 7.90. The number of nitrogens with one attached hydrogen (secondary N) is 1. The molecular formula is C15H25NO3S. The minimum absolute atomic E-state index is 0.170. The van der Waals surface area contributed by atoms with Crippen molar-refractivity contribution in [2.24, 2.45) is 5.92 Å². The zero-order valence-corrected chi connectivity index (χ0v) is 13.4. The Bertz CT molecular complexity index is 480. The lowest BCUT2D eigenvalue weighted by atomic mass is 10.1. The summed E-state index contributed by atoms with van der Waals surface area (Å²) in [6.45, 7) is 6.24. The molecule has 20 heavy (non-hydrogen) atoms. The van der Waals surface area contributed by atoms with Gasteiger partial charge in [0.05, 0.1) is 12.4 Å². The van der Waals surface area contributed by atoms with Gasteiger partial charge < -0.3 is 10.1 Å². The summed E-state index contributed by atoms with van der Waals surface area (Å²) in [5, 5.41) is 3.12. The molecule has 0 atom stereocenters. The van der Waals surface area contributed by atoms with Crippen LogP contribution in [0, 0.1) is 5.92 Å². The van der Waals surface area contributed by atoms with Crippen LogP contribution in [0.15, 0.2) is 24.3 Å². The fraction of sp³-hybridized carbons (Fsp3) is 0.600. The smallest absolute Gasteiger partial charge is 0.148 e. The highest BCUT2D eigenvalue weighted by Gasteiger charge is 2.01. The molecule has 1 aromatic carbocycles. The van der Waals surface area contributed by atoms with Crippen molar-refractivity contribution in [3.8, 4) is 5.75 Å². The van der Waals surface area contributed by atoms with Gasteiger partial charge in [0.15, 0.2) is 0 Å². The lowest BCUT2D eigenvalue weighted by molar-refractivity contribution is 0.289. The first kappa shape index (κ1) is 17.0. The van der Waals surface area contributed by atoms with Gasteiger partial charge in [0.1, 0.15) is 15.6 Å². The number of hydrogen-bond acceptors (Lipinski definition) is 4. The Hall–Kier alpha value is -1.07. The molecule has 0 spiro atoms. The molecule has 1 rings (SSSR count). The number of ether oxygens (including phenoxy) is 1. The third-order valence-corrected chi connectivity index (χ3v) is 3.81. The highest BCUT2D eigenvalue weighted by atomic mass is 32.2. The van der Waals surface area contributed by atoms with E-state index in [1.54, 1.807) is 0 Å². The molecule has 1 aromatic rings. The summed E-state index contributed by atoms with van der Waals surface area (Å²) in [5.74, 6) is 1.70.